The van der Waals surface area contributed by atoms with E-state index in [0.717, 1.165) is 16.7 Å². The molecular weight excluding hydrogens is 460 g/mol. The number of carbonyl (C=O) groups is 3. The highest BCUT2D eigenvalue weighted by Crippen LogP contribution is 2.40. The minimum Gasteiger partial charge on any atom is -0.486 e. The maximum absolute atomic E-state index is 11.6. The second-order valence-corrected chi connectivity index (χ2v) is 8.34. The Hall–Kier alpha value is -4.13. The van der Waals surface area contributed by atoms with Crippen LogP contribution in [0.3, 0.4) is 0 Å². The van der Waals surface area contributed by atoms with E-state index in [4.69, 9.17) is 14.2 Å². The Morgan fingerprint density at radius 2 is 1.11 bits per heavy atom. The summed E-state index contributed by atoms with van der Waals surface area (Å²) >= 11 is 0. The molecule has 0 aliphatic carbocycles. The van der Waals surface area contributed by atoms with Gasteiger partial charge in [0.1, 0.15) is 23.9 Å². The third kappa shape index (κ3) is 6.50. The number of ketones is 1. The van der Waals surface area contributed by atoms with Crippen LogP contribution in [0, 0.1) is 0 Å². The minimum atomic E-state index is -0.590. The van der Waals surface area contributed by atoms with E-state index in [2.05, 4.69) is 11.7 Å². The summed E-state index contributed by atoms with van der Waals surface area (Å²) < 4.78 is 20.9. The summed E-state index contributed by atoms with van der Waals surface area (Å²) in [7, 11) is 1.31. The first-order chi connectivity index (χ1) is 17.3. The highest BCUT2D eigenvalue weighted by Gasteiger charge is 2.31. The topological polar surface area (TPSA) is 88.1 Å². The maximum atomic E-state index is 11.6. The van der Waals surface area contributed by atoms with Gasteiger partial charge in [0, 0.05) is 18.8 Å². The van der Waals surface area contributed by atoms with Gasteiger partial charge in [-0.1, -0.05) is 43.3 Å². The quantitative estimate of drug-likeness (QED) is 0.215. The standard InChI is InChI=1S/C29H30O7/c1-5-24(31)18-34-25-12-6-21(7-13-25)29(3,23-10-16-27(17-11-23)36-20(2)30)22-8-14-26(15-9-22)35-19-28(32)33-4/h6-17H,5,18-19H2,1-4H3. The summed E-state index contributed by atoms with van der Waals surface area (Å²) in [6, 6.07) is 22.5. The predicted molar refractivity (Wildman–Crippen MR) is 134 cm³/mol. The van der Waals surface area contributed by atoms with E-state index in [1.54, 1.807) is 31.2 Å². The molecule has 0 saturated heterocycles. The molecule has 0 aromatic heterocycles. The van der Waals surface area contributed by atoms with Crippen LogP contribution >= 0.6 is 0 Å². The van der Waals surface area contributed by atoms with Crippen molar-refractivity contribution >= 4 is 17.7 Å². The molecule has 0 radical (unpaired) electrons. The van der Waals surface area contributed by atoms with Gasteiger partial charge in [-0.3, -0.25) is 9.59 Å². The van der Waals surface area contributed by atoms with Crippen molar-refractivity contribution in [1.29, 1.82) is 0 Å². The third-order valence-corrected chi connectivity index (χ3v) is 5.94. The van der Waals surface area contributed by atoms with E-state index in [1.165, 1.54) is 14.0 Å². The molecule has 0 N–H and O–H groups in total. The van der Waals surface area contributed by atoms with Crippen LogP contribution in [-0.4, -0.2) is 38.0 Å². The molecule has 7 heteroatoms. The number of esters is 2. The number of hydrogen-bond donors (Lipinski definition) is 0. The van der Waals surface area contributed by atoms with Crippen LogP contribution in [0.4, 0.5) is 0 Å². The van der Waals surface area contributed by atoms with Crippen LogP contribution in [0.2, 0.25) is 0 Å². The van der Waals surface area contributed by atoms with Crippen molar-refractivity contribution < 1.29 is 33.3 Å². The molecule has 1 unspecified atom stereocenters. The second kappa shape index (κ2) is 12.0. The summed E-state index contributed by atoms with van der Waals surface area (Å²) in [5.74, 6) is 0.807. The molecule has 3 aromatic rings. The molecule has 0 amide bonds. The first-order valence-electron chi connectivity index (χ1n) is 11.6. The summed E-state index contributed by atoms with van der Waals surface area (Å²) in [5, 5.41) is 0. The number of Topliss-reactive ketones (excluding diaryl/α,β-unsaturated/α-hetero) is 1. The zero-order chi connectivity index (χ0) is 26.1. The first kappa shape index (κ1) is 26.5. The monoisotopic (exact) mass is 490 g/mol. The average molecular weight is 491 g/mol. The molecule has 0 bridgehead atoms. The molecule has 188 valence electrons. The Morgan fingerprint density at radius 3 is 1.50 bits per heavy atom. The van der Waals surface area contributed by atoms with Gasteiger partial charge in [-0.25, -0.2) is 4.79 Å². The first-order valence-corrected chi connectivity index (χ1v) is 11.6. The molecule has 0 saturated carbocycles. The van der Waals surface area contributed by atoms with Crippen LogP contribution in [0.5, 0.6) is 17.2 Å². The fourth-order valence-electron chi connectivity index (χ4n) is 3.76. The van der Waals surface area contributed by atoms with Crippen molar-refractivity contribution in [2.24, 2.45) is 0 Å². The molecule has 0 heterocycles. The number of ether oxygens (including phenoxy) is 4. The number of hydrogen-bond acceptors (Lipinski definition) is 7. The average Bonchev–Trinajstić information content (AvgIpc) is 2.90. The van der Waals surface area contributed by atoms with Crippen molar-refractivity contribution in [3.8, 4) is 17.2 Å². The van der Waals surface area contributed by atoms with Crippen LogP contribution in [0.1, 0.15) is 43.9 Å². The van der Waals surface area contributed by atoms with Crippen molar-refractivity contribution in [3.63, 3.8) is 0 Å². The second-order valence-electron chi connectivity index (χ2n) is 8.34. The Balaban J connectivity index is 1.96. The Labute approximate surface area is 210 Å². The number of rotatable bonds is 11. The van der Waals surface area contributed by atoms with E-state index in [0.29, 0.717) is 23.7 Å². The number of carbonyl (C=O) groups excluding carboxylic acids is 3. The molecule has 3 rings (SSSR count). The fraction of sp³-hybridized carbons (Fsp3) is 0.276. The summed E-state index contributed by atoms with van der Waals surface area (Å²) in [5.41, 5.74) is 2.34. The highest BCUT2D eigenvalue weighted by atomic mass is 16.6. The van der Waals surface area contributed by atoms with Gasteiger partial charge in [0.05, 0.1) is 7.11 Å². The van der Waals surface area contributed by atoms with E-state index >= 15 is 0 Å². The zero-order valence-electron chi connectivity index (χ0n) is 20.9. The Kier molecular flexibility index (Phi) is 8.84. The SMILES string of the molecule is CCC(=O)COc1ccc(C(C)(c2ccc(OCC(=O)OC)cc2)c2ccc(OC(C)=O)cc2)cc1. The molecule has 0 fully saturated rings. The lowest BCUT2D eigenvalue weighted by Crippen LogP contribution is -2.25. The van der Waals surface area contributed by atoms with Gasteiger partial charge >= 0.3 is 11.9 Å². The lowest BCUT2D eigenvalue weighted by molar-refractivity contribution is -0.143. The van der Waals surface area contributed by atoms with Crippen molar-refractivity contribution in [2.45, 2.75) is 32.6 Å². The van der Waals surface area contributed by atoms with E-state index in [9.17, 15) is 14.4 Å². The van der Waals surface area contributed by atoms with Crippen molar-refractivity contribution in [2.75, 3.05) is 20.3 Å². The van der Waals surface area contributed by atoms with E-state index in [-0.39, 0.29) is 25.0 Å². The highest BCUT2D eigenvalue weighted by molar-refractivity contribution is 5.79. The van der Waals surface area contributed by atoms with Gasteiger partial charge in [-0.2, -0.15) is 0 Å². The number of benzene rings is 3. The van der Waals surface area contributed by atoms with Crippen LogP contribution in [0.15, 0.2) is 72.8 Å². The molecule has 0 aliphatic rings. The lowest BCUT2D eigenvalue weighted by atomic mass is 9.71. The van der Waals surface area contributed by atoms with Gasteiger partial charge in [-0.15, -0.1) is 0 Å². The molecule has 0 aliphatic heterocycles. The van der Waals surface area contributed by atoms with Gasteiger partial charge in [0.2, 0.25) is 0 Å². The molecule has 7 nitrogen and oxygen atoms in total. The molecule has 3 aromatic carbocycles. The van der Waals surface area contributed by atoms with Gasteiger partial charge in [-0.05, 0) is 60.0 Å². The maximum Gasteiger partial charge on any atom is 0.343 e. The van der Waals surface area contributed by atoms with Gasteiger partial charge < -0.3 is 18.9 Å². The van der Waals surface area contributed by atoms with Gasteiger partial charge in [0.25, 0.3) is 0 Å². The van der Waals surface area contributed by atoms with Crippen molar-refractivity contribution in [3.05, 3.63) is 89.5 Å². The molecule has 36 heavy (non-hydrogen) atoms. The number of methoxy groups -OCH3 is 1. The fourth-order valence-corrected chi connectivity index (χ4v) is 3.76. The summed E-state index contributed by atoms with van der Waals surface area (Å²) in [6.07, 6.45) is 0.429. The van der Waals surface area contributed by atoms with E-state index in [1.807, 2.05) is 48.5 Å². The lowest BCUT2D eigenvalue weighted by Gasteiger charge is -2.32. The van der Waals surface area contributed by atoms with Crippen LogP contribution in [-0.2, 0) is 24.5 Å². The van der Waals surface area contributed by atoms with Crippen LogP contribution in [0.25, 0.3) is 0 Å². The largest absolute Gasteiger partial charge is 0.486 e. The van der Waals surface area contributed by atoms with Crippen molar-refractivity contribution in [1.82, 2.24) is 0 Å². The Morgan fingerprint density at radius 1 is 0.694 bits per heavy atom. The van der Waals surface area contributed by atoms with Crippen LogP contribution < -0.4 is 14.2 Å². The molecule has 0 spiro atoms. The predicted octanol–water partition coefficient (Wildman–Crippen LogP) is 4.88. The minimum absolute atomic E-state index is 0.0336. The van der Waals surface area contributed by atoms with Gasteiger partial charge in [0.15, 0.2) is 12.4 Å². The Bertz CT molecular complexity index is 1120. The third-order valence-electron chi connectivity index (χ3n) is 5.94. The summed E-state index contributed by atoms with van der Waals surface area (Å²) in [4.78, 5) is 34.3. The zero-order valence-corrected chi connectivity index (χ0v) is 20.9. The summed E-state index contributed by atoms with van der Waals surface area (Å²) in [6.45, 7) is 5.12. The smallest absolute Gasteiger partial charge is 0.343 e. The van der Waals surface area contributed by atoms with E-state index < -0.39 is 11.4 Å². The normalized spacial score (nSPS) is 12.2. The molecule has 1 atom stereocenters. The molecular formula is C29H30O7.